The maximum absolute atomic E-state index is 11.5. The number of carbonyl (C=O) groups excluding carboxylic acids is 4. The molecule has 0 saturated heterocycles. The van der Waals surface area contributed by atoms with Gasteiger partial charge >= 0.3 is 23.9 Å². The van der Waals surface area contributed by atoms with Gasteiger partial charge in [0.2, 0.25) is 0 Å². The fourth-order valence-corrected chi connectivity index (χ4v) is 2.23. The first-order chi connectivity index (χ1) is 12.1. The molecule has 0 aromatic heterocycles. The summed E-state index contributed by atoms with van der Waals surface area (Å²) in [6, 6.07) is 0. The third-order valence-corrected chi connectivity index (χ3v) is 3.05. The standard InChI is InChI=1S/C16H26O10/c1-9(17)23-8-14(25-11(3)19)15(22-6)16(26-12(4)20)13(7-21-5)24-10(2)18/h13-16H,7-8H2,1-6H3/t13-,14+,15-,16-/m1/s1. The van der Waals surface area contributed by atoms with Gasteiger partial charge in [-0.25, -0.2) is 0 Å². The quantitative estimate of drug-likeness (QED) is 0.358. The van der Waals surface area contributed by atoms with Gasteiger partial charge in [0.05, 0.1) is 6.61 Å². The zero-order valence-electron chi connectivity index (χ0n) is 15.8. The van der Waals surface area contributed by atoms with Crippen LogP contribution >= 0.6 is 0 Å². The van der Waals surface area contributed by atoms with E-state index < -0.39 is 48.3 Å². The Hall–Kier alpha value is -2.20. The van der Waals surface area contributed by atoms with Crippen LogP contribution in [0, 0.1) is 0 Å². The van der Waals surface area contributed by atoms with E-state index in [1.165, 1.54) is 28.1 Å². The Bertz CT molecular complexity index is 489. The Morgan fingerprint density at radius 1 is 0.654 bits per heavy atom. The molecule has 0 saturated carbocycles. The molecular formula is C16H26O10. The van der Waals surface area contributed by atoms with Crippen LogP contribution in [0.15, 0.2) is 0 Å². The molecule has 0 rings (SSSR count). The summed E-state index contributed by atoms with van der Waals surface area (Å²) in [4.78, 5) is 45.4. The lowest BCUT2D eigenvalue weighted by atomic mass is 10.0. The van der Waals surface area contributed by atoms with Crippen LogP contribution in [0.1, 0.15) is 27.7 Å². The zero-order valence-corrected chi connectivity index (χ0v) is 15.8. The van der Waals surface area contributed by atoms with Gasteiger partial charge < -0.3 is 28.4 Å². The van der Waals surface area contributed by atoms with Crippen molar-refractivity contribution in [3.05, 3.63) is 0 Å². The van der Waals surface area contributed by atoms with Crippen LogP contribution in [-0.2, 0) is 47.6 Å². The number of esters is 4. The molecule has 0 aliphatic carbocycles. The van der Waals surface area contributed by atoms with Crippen molar-refractivity contribution in [2.45, 2.75) is 52.1 Å². The molecule has 0 spiro atoms. The maximum Gasteiger partial charge on any atom is 0.303 e. The third kappa shape index (κ3) is 9.33. The minimum absolute atomic E-state index is 0.113. The first-order valence-corrected chi connectivity index (χ1v) is 7.79. The average molecular weight is 378 g/mol. The summed E-state index contributed by atoms with van der Waals surface area (Å²) in [6.07, 6.45) is -4.43. The molecule has 0 bridgehead atoms. The molecule has 0 aromatic carbocycles. The lowest BCUT2D eigenvalue weighted by Gasteiger charge is -2.34. The monoisotopic (exact) mass is 378 g/mol. The fraction of sp³-hybridized carbons (Fsp3) is 0.750. The normalized spacial score (nSPS) is 15.2. The summed E-state index contributed by atoms with van der Waals surface area (Å²) >= 11 is 0. The van der Waals surface area contributed by atoms with Crippen molar-refractivity contribution in [2.75, 3.05) is 27.4 Å². The van der Waals surface area contributed by atoms with Gasteiger partial charge in [-0.1, -0.05) is 0 Å². The van der Waals surface area contributed by atoms with Gasteiger partial charge in [0.1, 0.15) is 12.7 Å². The van der Waals surface area contributed by atoms with E-state index in [1.807, 2.05) is 0 Å². The molecule has 0 N–H and O–H groups in total. The highest BCUT2D eigenvalue weighted by atomic mass is 16.6. The first kappa shape index (κ1) is 23.8. The van der Waals surface area contributed by atoms with Crippen LogP contribution in [0.3, 0.4) is 0 Å². The predicted octanol–water partition coefficient (Wildman–Crippen LogP) is 0.00600. The van der Waals surface area contributed by atoms with E-state index >= 15 is 0 Å². The van der Waals surface area contributed by atoms with Crippen LogP contribution in [0.25, 0.3) is 0 Å². The summed E-state index contributed by atoms with van der Waals surface area (Å²) in [5.41, 5.74) is 0. The van der Waals surface area contributed by atoms with Crippen molar-refractivity contribution in [3.8, 4) is 0 Å². The molecule has 10 nitrogen and oxygen atoms in total. The topological polar surface area (TPSA) is 124 Å². The molecule has 0 aliphatic rings. The highest BCUT2D eigenvalue weighted by Crippen LogP contribution is 2.19. The maximum atomic E-state index is 11.5. The van der Waals surface area contributed by atoms with E-state index in [9.17, 15) is 19.2 Å². The smallest absolute Gasteiger partial charge is 0.303 e. The number of hydrogen-bond donors (Lipinski definition) is 0. The van der Waals surface area contributed by atoms with E-state index in [1.54, 1.807) is 0 Å². The van der Waals surface area contributed by atoms with Gasteiger partial charge in [-0.15, -0.1) is 0 Å². The molecule has 0 unspecified atom stereocenters. The van der Waals surface area contributed by atoms with Gasteiger partial charge in [0.15, 0.2) is 18.3 Å². The van der Waals surface area contributed by atoms with Gasteiger partial charge in [-0.05, 0) is 0 Å². The second kappa shape index (κ2) is 12.2. The van der Waals surface area contributed by atoms with E-state index in [0.29, 0.717) is 0 Å². The largest absolute Gasteiger partial charge is 0.462 e. The average Bonchev–Trinajstić information content (AvgIpc) is 2.50. The number of carbonyl (C=O) groups is 4. The third-order valence-electron chi connectivity index (χ3n) is 3.05. The molecule has 0 amide bonds. The molecule has 0 fully saturated rings. The van der Waals surface area contributed by atoms with E-state index in [0.717, 1.165) is 13.8 Å². The SMILES string of the molecule is COC[C@@H](OC(C)=O)[C@@H](OC(C)=O)[C@H](OC)[C@H](COC(C)=O)OC(C)=O. The summed E-state index contributed by atoms with van der Waals surface area (Å²) in [5, 5.41) is 0. The Kier molecular flexibility index (Phi) is 11.2. The second-order valence-corrected chi connectivity index (χ2v) is 5.33. The van der Waals surface area contributed by atoms with Crippen LogP contribution in [0.2, 0.25) is 0 Å². The molecule has 10 heteroatoms. The fourth-order valence-electron chi connectivity index (χ4n) is 2.23. The molecule has 0 aromatic rings. The number of ether oxygens (including phenoxy) is 6. The molecule has 4 atom stereocenters. The Labute approximate surface area is 152 Å². The van der Waals surface area contributed by atoms with Crippen LogP contribution < -0.4 is 0 Å². The van der Waals surface area contributed by atoms with Gasteiger partial charge in [0, 0.05) is 41.9 Å². The van der Waals surface area contributed by atoms with Crippen LogP contribution in [-0.4, -0.2) is 75.7 Å². The summed E-state index contributed by atoms with van der Waals surface area (Å²) < 4.78 is 30.7. The van der Waals surface area contributed by atoms with Crippen molar-refractivity contribution in [1.29, 1.82) is 0 Å². The Morgan fingerprint density at radius 3 is 1.46 bits per heavy atom. The highest BCUT2D eigenvalue weighted by Gasteiger charge is 2.41. The summed E-state index contributed by atoms with van der Waals surface area (Å²) in [5.74, 6) is -2.58. The molecule has 26 heavy (non-hydrogen) atoms. The van der Waals surface area contributed by atoms with Crippen molar-refractivity contribution in [2.24, 2.45) is 0 Å². The van der Waals surface area contributed by atoms with Crippen LogP contribution in [0.5, 0.6) is 0 Å². The number of methoxy groups -OCH3 is 2. The molecule has 0 radical (unpaired) electrons. The van der Waals surface area contributed by atoms with Crippen LogP contribution in [0.4, 0.5) is 0 Å². The van der Waals surface area contributed by atoms with E-state index in [2.05, 4.69) is 0 Å². The minimum Gasteiger partial charge on any atom is -0.462 e. The van der Waals surface area contributed by atoms with Gasteiger partial charge in [0.25, 0.3) is 0 Å². The second-order valence-electron chi connectivity index (χ2n) is 5.33. The predicted molar refractivity (Wildman–Crippen MR) is 86.0 cm³/mol. The lowest BCUT2D eigenvalue weighted by molar-refractivity contribution is -0.200. The molecule has 0 aliphatic heterocycles. The summed E-state index contributed by atoms with van der Waals surface area (Å²) in [7, 11) is 2.65. The zero-order chi connectivity index (χ0) is 20.3. The number of rotatable bonds is 11. The van der Waals surface area contributed by atoms with Crippen molar-refractivity contribution in [1.82, 2.24) is 0 Å². The Morgan fingerprint density at radius 2 is 1.12 bits per heavy atom. The molecular weight excluding hydrogens is 352 g/mol. The molecule has 150 valence electrons. The highest BCUT2D eigenvalue weighted by molar-refractivity contribution is 5.68. The Balaban J connectivity index is 5.72. The van der Waals surface area contributed by atoms with Crippen molar-refractivity contribution in [3.63, 3.8) is 0 Å². The molecule has 0 heterocycles. The van der Waals surface area contributed by atoms with Gasteiger partial charge in [-0.3, -0.25) is 19.2 Å². The number of hydrogen-bond acceptors (Lipinski definition) is 10. The van der Waals surface area contributed by atoms with E-state index in [4.69, 9.17) is 28.4 Å². The van der Waals surface area contributed by atoms with Crippen molar-refractivity contribution >= 4 is 23.9 Å². The minimum atomic E-state index is -1.18. The van der Waals surface area contributed by atoms with Gasteiger partial charge in [-0.2, -0.15) is 0 Å². The first-order valence-electron chi connectivity index (χ1n) is 7.79. The van der Waals surface area contributed by atoms with Crippen molar-refractivity contribution < 1.29 is 47.6 Å². The lowest BCUT2D eigenvalue weighted by Crippen LogP contribution is -2.53. The van der Waals surface area contributed by atoms with E-state index in [-0.39, 0.29) is 13.2 Å². The summed E-state index contributed by atoms with van der Waals surface area (Å²) in [6.45, 7) is 4.22.